The van der Waals surface area contributed by atoms with Gasteiger partial charge in [-0.3, -0.25) is 9.69 Å². The molecule has 0 atom stereocenters. The number of hydrogen-bond donors (Lipinski definition) is 2. The fraction of sp³-hybridized carbons (Fsp3) is 0.750. The van der Waals surface area contributed by atoms with Crippen molar-refractivity contribution >= 4 is 11.7 Å². The number of piperazine rings is 1. The molecule has 6 nitrogen and oxygen atoms in total. The molecule has 6 heteroatoms. The molecule has 1 saturated carbocycles. The Morgan fingerprint density at radius 3 is 2.33 bits per heavy atom. The first kappa shape index (κ1) is 21.6. The number of nitrogens with one attached hydrogen (secondary N) is 2. The molecular formula is C24H39N5O. The number of piperidine rings is 1. The standard InChI is InChI=1S/C24H39N5O/c1-23(2)17-24(3,4)22(23)27-21(30)19-5-6-20(26-15-19)29-13-11-28(12-14-29)16-18-7-9-25-10-8-18/h5-6,15,18,22,25H,7-14,16-17H2,1-4H3,(H,27,30). The maximum absolute atomic E-state index is 12.8. The van der Waals surface area contributed by atoms with Gasteiger partial charge in [0.25, 0.3) is 5.91 Å². The topological polar surface area (TPSA) is 60.5 Å². The Morgan fingerprint density at radius 1 is 1.10 bits per heavy atom. The van der Waals surface area contributed by atoms with Gasteiger partial charge in [-0.15, -0.1) is 0 Å². The highest BCUT2D eigenvalue weighted by Gasteiger charge is 2.53. The number of rotatable bonds is 5. The number of carbonyl (C=O) groups excluding carboxylic acids is 1. The second-order valence-corrected chi connectivity index (χ2v) is 10.9. The van der Waals surface area contributed by atoms with Crippen molar-refractivity contribution in [2.45, 2.75) is 53.0 Å². The van der Waals surface area contributed by atoms with Crippen LogP contribution in [0, 0.1) is 16.7 Å². The van der Waals surface area contributed by atoms with E-state index < -0.39 is 0 Å². The van der Waals surface area contributed by atoms with E-state index in [1.807, 2.05) is 12.1 Å². The molecular weight excluding hydrogens is 374 g/mol. The highest BCUT2D eigenvalue weighted by atomic mass is 16.1. The predicted octanol–water partition coefficient (Wildman–Crippen LogP) is 2.76. The average Bonchev–Trinajstić information content (AvgIpc) is 2.72. The van der Waals surface area contributed by atoms with Gasteiger partial charge in [0.15, 0.2) is 0 Å². The highest BCUT2D eigenvalue weighted by Crippen LogP contribution is 2.53. The molecule has 0 aromatic carbocycles. The van der Waals surface area contributed by atoms with Crippen LogP contribution in [0.5, 0.6) is 0 Å². The van der Waals surface area contributed by atoms with Crippen LogP contribution in [0.25, 0.3) is 0 Å². The molecule has 1 amide bonds. The van der Waals surface area contributed by atoms with Crippen molar-refractivity contribution in [2.24, 2.45) is 16.7 Å². The zero-order chi connectivity index (χ0) is 21.4. The Balaban J connectivity index is 1.28. The maximum atomic E-state index is 12.8. The third-order valence-electron chi connectivity index (χ3n) is 7.43. The van der Waals surface area contributed by atoms with Gasteiger partial charge in [0.1, 0.15) is 5.82 Å². The molecule has 1 aromatic rings. The van der Waals surface area contributed by atoms with Crippen LogP contribution >= 0.6 is 0 Å². The summed E-state index contributed by atoms with van der Waals surface area (Å²) in [4.78, 5) is 22.3. The lowest BCUT2D eigenvalue weighted by Gasteiger charge is -2.57. The van der Waals surface area contributed by atoms with Crippen LogP contribution in [-0.4, -0.2) is 67.6 Å². The van der Waals surface area contributed by atoms with Crippen LogP contribution in [0.4, 0.5) is 5.82 Å². The molecule has 1 aliphatic carbocycles. The van der Waals surface area contributed by atoms with Crippen LogP contribution in [0.15, 0.2) is 18.3 Å². The zero-order valence-electron chi connectivity index (χ0n) is 19.2. The lowest BCUT2D eigenvalue weighted by atomic mass is 9.52. The van der Waals surface area contributed by atoms with Gasteiger partial charge in [-0.05, 0) is 61.2 Å². The lowest BCUT2D eigenvalue weighted by molar-refractivity contribution is -0.0366. The molecule has 30 heavy (non-hydrogen) atoms. The monoisotopic (exact) mass is 413 g/mol. The van der Waals surface area contributed by atoms with Crippen molar-refractivity contribution in [3.8, 4) is 0 Å². The summed E-state index contributed by atoms with van der Waals surface area (Å²) in [6.07, 6.45) is 5.48. The first-order valence-corrected chi connectivity index (χ1v) is 11.7. The van der Waals surface area contributed by atoms with Gasteiger partial charge >= 0.3 is 0 Å². The second kappa shape index (κ2) is 8.46. The molecule has 3 aliphatic rings. The first-order chi connectivity index (χ1) is 14.2. The molecule has 2 aliphatic heterocycles. The molecule has 166 valence electrons. The average molecular weight is 414 g/mol. The summed E-state index contributed by atoms with van der Waals surface area (Å²) in [5.41, 5.74) is 0.961. The van der Waals surface area contributed by atoms with E-state index in [-0.39, 0.29) is 22.8 Å². The number of carbonyl (C=O) groups is 1. The van der Waals surface area contributed by atoms with E-state index in [9.17, 15) is 4.79 Å². The summed E-state index contributed by atoms with van der Waals surface area (Å²) >= 11 is 0. The number of nitrogens with zero attached hydrogens (tertiary/aromatic N) is 3. The van der Waals surface area contributed by atoms with Gasteiger partial charge in [-0.25, -0.2) is 4.98 Å². The van der Waals surface area contributed by atoms with Crippen molar-refractivity contribution in [3.05, 3.63) is 23.9 Å². The summed E-state index contributed by atoms with van der Waals surface area (Å²) in [5, 5.41) is 6.71. The molecule has 0 radical (unpaired) electrons. The van der Waals surface area contributed by atoms with Crippen LogP contribution in [0.3, 0.4) is 0 Å². The fourth-order valence-corrected chi connectivity index (χ4v) is 6.21. The van der Waals surface area contributed by atoms with Crippen LogP contribution in [-0.2, 0) is 0 Å². The van der Waals surface area contributed by atoms with Gasteiger partial charge in [0.05, 0.1) is 5.56 Å². The minimum absolute atomic E-state index is 0.00769. The predicted molar refractivity (Wildman–Crippen MR) is 122 cm³/mol. The number of anilines is 1. The maximum Gasteiger partial charge on any atom is 0.253 e. The number of hydrogen-bond acceptors (Lipinski definition) is 5. The summed E-state index contributed by atoms with van der Waals surface area (Å²) in [5.74, 6) is 1.82. The van der Waals surface area contributed by atoms with Gasteiger partial charge in [-0.2, -0.15) is 0 Å². The smallest absolute Gasteiger partial charge is 0.253 e. The Labute approximate surface area is 181 Å². The molecule has 0 bridgehead atoms. The van der Waals surface area contributed by atoms with E-state index in [1.54, 1.807) is 6.20 Å². The van der Waals surface area contributed by atoms with E-state index in [4.69, 9.17) is 0 Å². The quantitative estimate of drug-likeness (QED) is 0.777. The Hall–Kier alpha value is -1.66. The molecule has 3 heterocycles. The number of aromatic nitrogens is 1. The Morgan fingerprint density at radius 2 is 1.77 bits per heavy atom. The summed E-state index contributed by atoms with van der Waals surface area (Å²) in [6.45, 7) is 16.7. The second-order valence-electron chi connectivity index (χ2n) is 10.9. The van der Waals surface area contributed by atoms with Gasteiger partial charge < -0.3 is 15.5 Å². The molecule has 2 saturated heterocycles. The summed E-state index contributed by atoms with van der Waals surface area (Å²) < 4.78 is 0. The van der Waals surface area contributed by atoms with E-state index in [2.05, 4.69) is 53.1 Å². The SMILES string of the molecule is CC1(C)CC(C)(C)C1NC(=O)c1ccc(N2CCN(CC3CCNCC3)CC2)nc1. The van der Waals surface area contributed by atoms with Crippen molar-refractivity contribution in [3.63, 3.8) is 0 Å². The highest BCUT2D eigenvalue weighted by molar-refractivity contribution is 5.94. The first-order valence-electron chi connectivity index (χ1n) is 11.7. The van der Waals surface area contributed by atoms with Crippen molar-refractivity contribution in [1.82, 2.24) is 20.5 Å². The largest absolute Gasteiger partial charge is 0.354 e. The minimum Gasteiger partial charge on any atom is -0.354 e. The van der Waals surface area contributed by atoms with E-state index in [0.29, 0.717) is 5.56 Å². The lowest BCUT2D eigenvalue weighted by Crippen LogP contribution is -2.63. The van der Waals surface area contributed by atoms with Crippen molar-refractivity contribution < 1.29 is 4.79 Å². The van der Waals surface area contributed by atoms with E-state index >= 15 is 0 Å². The van der Waals surface area contributed by atoms with Crippen molar-refractivity contribution in [1.29, 1.82) is 0 Å². The zero-order valence-corrected chi connectivity index (χ0v) is 19.2. The fourth-order valence-electron chi connectivity index (χ4n) is 6.21. The molecule has 0 spiro atoms. The third-order valence-corrected chi connectivity index (χ3v) is 7.43. The van der Waals surface area contributed by atoms with Gasteiger partial charge in [0.2, 0.25) is 0 Å². The number of pyridine rings is 1. The van der Waals surface area contributed by atoms with Crippen LogP contribution in [0.1, 0.15) is 57.3 Å². The van der Waals surface area contributed by atoms with Crippen molar-refractivity contribution in [2.75, 3.05) is 50.7 Å². The molecule has 0 unspecified atom stereocenters. The van der Waals surface area contributed by atoms with Gasteiger partial charge in [-0.1, -0.05) is 27.7 Å². The van der Waals surface area contributed by atoms with E-state index in [1.165, 1.54) is 32.5 Å². The van der Waals surface area contributed by atoms with Gasteiger partial charge in [0, 0.05) is 45.0 Å². The molecule has 3 fully saturated rings. The van der Waals surface area contributed by atoms with Crippen LogP contribution < -0.4 is 15.5 Å². The normalized spacial score (nSPS) is 25.0. The third kappa shape index (κ3) is 4.65. The minimum atomic E-state index is -0.00769. The molecule has 2 N–H and O–H groups in total. The summed E-state index contributed by atoms with van der Waals surface area (Å²) in [7, 11) is 0. The Bertz CT molecular complexity index is 716. The number of amides is 1. The molecule has 4 rings (SSSR count). The van der Waals surface area contributed by atoms with E-state index in [0.717, 1.165) is 44.3 Å². The molecule has 1 aromatic heterocycles. The van der Waals surface area contributed by atoms with Crippen LogP contribution in [0.2, 0.25) is 0 Å². The Kier molecular flexibility index (Phi) is 6.08. The summed E-state index contributed by atoms with van der Waals surface area (Å²) in [6, 6.07) is 4.14.